The summed E-state index contributed by atoms with van der Waals surface area (Å²) in [6.45, 7) is 12.6. The SMILES string of the molecule is CCCNC(C)c1cccc(F)c1OCCN(CC)CC. The van der Waals surface area contributed by atoms with E-state index >= 15 is 0 Å². The quantitative estimate of drug-likeness (QED) is 0.714. The monoisotopic (exact) mass is 296 g/mol. The molecule has 120 valence electrons. The molecule has 0 aliphatic heterocycles. The van der Waals surface area contributed by atoms with Gasteiger partial charge in [-0.1, -0.05) is 32.9 Å². The number of halogens is 1. The molecule has 4 heteroatoms. The van der Waals surface area contributed by atoms with Crippen molar-refractivity contribution in [1.29, 1.82) is 0 Å². The van der Waals surface area contributed by atoms with Gasteiger partial charge in [-0.05, 0) is 39.0 Å². The summed E-state index contributed by atoms with van der Waals surface area (Å²) >= 11 is 0. The van der Waals surface area contributed by atoms with Crippen LogP contribution in [0.15, 0.2) is 18.2 Å². The van der Waals surface area contributed by atoms with E-state index < -0.39 is 0 Å². The van der Waals surface area contributed by atoms with Crippen LogP contribution in [0.25, 0.3) is 0 Å². The van der Waals surface area contributed by atoms with Crippen LogP contribution in [0.4, 0.5) is 4.39 Å². The second kappa shape index (κ2) is 9.74. The first-order valence-corrected chi connectivity index (χ1v) is 8.00. The zero-order valence-corrected chi connectivity index (χ0v) is 13.8. The number of hydrogen-bond donors (Lipinski definition) is 1. The van der Waals surface area contributed by atoms with Gasteiger partial charge in [-0.2, -0.15) is 0 Å². The minimum Gasteiger partial charge on any atom is -0.489 e. The summed E-state index contributed by atoms with van der Waals surface area (Å²) in [4.78, 5) is 2.26. The normalized spacial score (nSPS) is 12.7. The Bertz CT molecular complexity index is 408. The van der Waals surface area contributed by atoms with Crippen molar-refractivity contribution in [1.82, 2.24) is 10.2 Å². The number of benzene rings is 1. The molecule has 21 heavy (non-hydrogen) atoms. The Morgan fingerprint density at radius 2 is 1.95 bits per heavy atom. The number of nitrogens with zero attached hydrogens (tertiary/aromatic N) is 1. The van der Waals surface area contributed by atoms with Crippen LogP contribution >= 0.6 is 0 Å². The highest BCUT2D eigenvalue weighted by Crippen LogP contribution is 2.28. The van der Waals surface area contributed by atoms with Gasteiger partial charge < -0.3 is 15.0 Å². The molecule has 1 N–H and O–H groups in total. The lowest BCUT2D eigenvalue weighted by molar-refractivity contribution is 0.215. The van der Waals surface area contributed by atoms with Crippen molar-refractivity contribution in [3.8, 4) is 5.75 Å². The Labute approximate surface area is 128 Å². The van der Waals surface area contributed by atoms with E-state index in [-0.39, 0.29) is 11.9 Å². The van der Waals surface area contributed by atoms with Crippen LogP contribution in [0, 0.1) is 5.82 Å². The van der Waals surface area contributed by atoms with Gasteiger partial charge in [0.05, 0.1) is 0 Å². The van der Waals surface area contributed by atoms with Crippen LogP contribution in [0.2, 0.25) is 0 Å². The zero-order valence-electron chi connectivity index (χ0n) is 13.8. The van der Waals surface area contributed by atoms with Gasteiger partial charge in [-0.25, -0.2) is 4.39 Å². The summed E-state index contributed by atoms with van der Waals surface area (Å²) in [6.07, 6.45) is 1.05. The molecule has 1 aromatic rings. The third-order valence-electron chi connectivity index (χ3n) is 3.71. The van der Waals surface area contributed by atoms with E-state index in [0.717, 1.165) is 38.2 Å². The third kappa shape index (κ3) is 5.64. The van der Waals surface area contributed by atoms with Gasteiger partial charge in [-0.3, -0.25) is 0 Å². The maximum absolute atomic E-state index is 14.1. The Balaban J connectivity index is 2.71. The predicted molar refractivity (Wildman–Crippen MR) is 86.4 cm³/mol. The molecule has 3 nitrogen and oxygen atoms in total. The van der Waals surface area contributed by atoms with Gasteiger partial charge in [-0.15, -0.1) is 0 Å². The average molecular weight is 296 g/mol. The molecule has 1 aromatic carbocycles. The predicted octanol–water partition coefficient (Wildman–Crippen LogP) is 3.61. The van der Waals surface area contributed by atoms with Crippen LogP contribution in [-0.2, 0) is 0 Å². The molecular weight excluding hydrogens is 267 g/mol. The van der Waals surface area contributed by atoms with E-state index in [9.17, 15) is 4.39 Å². The number of ether oxygens (including phenoxy) is 1. The minimum absolute atomic E-state index is 0.0871. The Hall–Kier alpha value is -1.13. The second-order valence-corrected chi connectivity index (χ2v) is 5.21. The van der Waals surface area contributed by atoms with Crippen molar-refractivity contribution in [2.75, 3.05) is 32.8 Å². The number of para-hydroxylation sites is 1. The molecule has 0 saturated heterocycles. The van der Waals surface area contributed by atoms with E-state index in [0.29, 0.717) is 12.4 Å². The molecule has 0 spiro atoms. The second-order valence-electron chi connectivity index (χ2n) is 5.21. The van der Waals surface area contributed by atoms with E-state index in [4.69, 9.17) is 4.74 Å². The van der Waals surface area contributed by atoms with Crippen molar-refractivity contribution >= 4 is 0 Å². The molecule has 0 radical (unpaired) electrons. The summed E-state index contributed by atoms with van der Waals surface area (Å²) in [5.74, 6) is 0.109. The van der Waals surface area contributed by atoms with Crippen LogP contribution in [0.5, 0.6) is 5.75 Å². The summed E-state index contributed by atoms with van der Waals surface area (Å²) in [7, 11) is 0. The average Bonchev–Trinajstić information content (AvgIpc) is 2.50. The van der Waals surface area contributed by atoms with Crippen LogP contribution < -0.4 is 10.1 Å². The van der Waals surface area contributed by atoms with Crippen LogP contribution in [0.3, 0.4) is 0 Å². The summed E-state index contributed by atoms with van der Waals surface area (Å²) in [5, 5.41) is 3.38. The first-order valence-electron chi connectivity index (χ1n) is 8.00. The first-order chi connectivity index (χ1) is 10.1. The summed E-state index contributed by atoms with van der Waals surface area (Å²) in [5.41, 5.74) is 0.892. The molecule has 0 saturated carbocycles. The topological polar surface area (TPSA) is 24.5 Å². The van der Waals surface area contributed by atoms with Crippen molar-refractivity contribution in [3.05, 3.63) is 29.6 Å². The van der Waals surface area contributed by atoms with E-state index in [1.54, 1.807) is 6.07 Å². The number of rotatable bonds is 10. The molecule has 0 fully saturated rings. The smallest absolute Gasteiger partial charge is 0.165 e. The molecule has 0 bridgehead atoms. The van der Waals surface area contributed by atoms with Crippen molar-refractivity contribution in [3.63, 3.8) is 0 Å². The van der Waals surface area contributed by atoms with E-state index in [1.165, 1.54) is 6.07 Å². The summed E-state index contributed by atoms with van der Waals surface area (Å²) in [6, 6.07) is 5.22. The van der Waals surface area contributed by atoms with E-state index in [1.807, 2.05) is 13.0 Å². The van der Waals surface area contributed by atoms with Crippen molar-refractivity contribution in [2.24, 2.45) is 0 Å². The fourth-order valence-corrected chi connectivity index (χ4v) is 2.31. The lowest BCUT2D eigenvalue weighted by atomic mass is 10.1. The fraction of sp³-hybridized carbons (Fsp3) is 0.647. The molecule has 0 aromatic heterocycles. The largest absolute Gasteiger partial charge is 0.489 e. The van der Waals surface area contributed by atoms with Crippen LogP contribution in [0.1, 0.15) is 45.7 Å². The number of nitrogens with one attached hydrogen (secondary N) is 1. The Morgan fingerprint density at radius 1 is 1.24 bits per heavy atom. The molecule has 0 amide bonds. The van der Waals surface area contributed by atoms with Gasteiger partial charge in [0.25, 0.3) is 0 Å². The van der Waals surface area contributed by atoms with Crippen LogP contribution in [-0.4, -0.2) is 37.7 Å². The molecule has 0 aliphatic rings. The van der Waals surface area contributed by atoms with Gasteiger partial charge in [0.2, 0.25) is 0 Å². The molecule has 0 aliphatic carbocycles. The van der Waals surface area contributed by atoms with Gasteiger partial charge in [0, 0.05) is 18.2 Å². The molecule has 1 rings (SSSR count). The van der Waals surface area contributed by atoms with Gasteiger partial charge >= 0.3 is 0 Å². The lowest BCUT2D eigenvalue weighted by Crippen LogP contribution is -2.28. The minimum atomic E-state index is -0.280. The van der Waals surface area contributed by atoms with E-state index in [2.05, 4.69) is 31.0 Å². The fourth-order valence-electron chi connectivity index (χ4n) is 2.31. The maximum Gasteiger partial charge on any atom is 0.165 e. The molecule has 1 unspecified atom stereocenters. The number of likely N-dealkylation sites (N-methyl/N-ethyl adjacent to an activating group) is 1. The summed E-state index contributed by atoms with van der Waals surface area (Å²) < 4.78 is 19.8. The highest BCUT2D eigenvalue weighted by atomic mass is 19.1. The molecular formula is C17H29FN2O. The van der Waals surface area contributed by atoms with Gasteiger partial charge in [0.1, 0.15) is 6.61 Å². The zero-order chi connectivity index (χ0) is 15.7. The first kappa shape index (κ1) is 17.9. The number of hydrogen-bond acceptors (Lipinski definition) is 3. The standard InChI is InChI=1S/C17H29FN2O/c1-5-11-19-14(4)15-9-8-10-16(18)17(15)21-13-12-20(6-2)7-3/h8-10,14,19H,5-7,11-13H2,1-4H3. The molecule has 0 heterocycles. The van der Waals surface area contributed by atoms with Crippen molar-refractivity contribution in [2.45, 2.75) is 40.2 Å². The van der Waals surface area contributed by atoms with Gasteiger partial charge in [0.15, 0.2) is 11.6 Å². The Morgan fingerprint density at radius 3 is 2.57 bits per heavy atom. The highest BCUT2D eigenvalue weighted by molar-refractivity contribution is 5.37. The molecule has 1 atom stereocenters. The highest BCUT2D eigenvalue weighted by Gasteiger charge is 2.15. The lowest BCUT2D eigenvalue weighted by Gasteiger charge is -2.21. The van der Waals surface area contributed by atoms with Crippen molar-refractivity contribution < 1.29 is 9.13 Å². The third-order valence-corrected chi connectivity index (χ3v) is 3.71. The Kier molecular flexibility index (Phi) is 8.31. The maximum atomic E-state index is 14.1.